The molecule has 0 saturated carbocycles. The molecule has 1 aromatic heterocycles. The van der Waals surface area contributed by atoms with Crippen molar-refractivity contribution < 1.29 is 4.74 Å². The van der Waals surface area contributed by atoms with Crippen molar-refractivity contribution in [2.75, 3.05) is 23.8 Å². The van der Waals surface area contributed by atoms with E-state index in [0.717, 1.165) is 18.3 Å². The minimum absolute atomic E-state index is 0.339. The van der Waals surface area contributed by atoms with Gasteiger partial charge in [0.25, 0.3) is 0 Å². The van der Waals surface area contributed by atoms with Crippen molar-refractivity contribution in [1.82, 2.24) is 10.2 Å². The van der Waals surface area contributed by atoms with E-state index >= 15 is 0 Å². The monoisotopic (exact) mass is 214 g/mol. The smallest absolute Gasteiger partial charge is 0.210 e. The SMILES string of the molecule is CC1COCC(C)N1c1nnc(N)s1. The number of ether oxygens (including phenoxy) is 1. The molecule has 2 unspecified atom stereocenters. The molecule has 2 rings (SSSR count). The number of nitrogen functional groups attached to an aromatic ring is 1. The first-order chi connectivity index (χ1) is 6.68. The molecule has 0 amide bonds. The van der Waals surface area contributed by atoms with Crippen LogP contribution in [0.3, 0.4) is 0 Å². The van der Waals surface area contributed by atoms with Crippen LogP contribution in [0.5, 0.6) is 0 Å². The zero-order chi connectivity index (χ0) is 10.1. The predicted molar refractivity (Wildman–Crippen MR) is 56.5 cm³/mol. The summed E-state index contributed by atoms with van der Waals surface area (Å²) in [5.74, 6) is 0. The summed E-state index contributed by atoms with van der Waals surface area (Å²) in [5, 5.41) is 9.29. The summed E-state index contributed by atoms with van der Waals surface area (Å²) in [5.41, 5.74) is 5.56. The Kier molecular flexibility index (Phi) is 2.56. The lowest BCUT2D eigenvalue weighted by Crippen LogP contribution is -2.49. The van der Waals surface area contributed by atoms with E-state index in [1.165, 1.54) is 11.3 Å². The van der Waals surface area contributed by atoms with Crippen LogP contribution >= 0.6 is 11.3 Å². The van der Waals surface area contributed by atoms with Crippen LogP contribution in [0.15, 0.2) is 0 Å². The first kappa shape index (κ1) is 9.67. The average Bonchev–Trinajstić information content (AvgIpc) is 2.51. The van der Waals surface area contributed by atoms with Crippen molar-refractivity contribution in [3.63, 3.8) is 0 Å². The summed E-state index contributed by atoms with van der Waals surface area (Å²) < 4.78 is 5.44. The molecule has 0 bridgehead atoms. The molecule has 0 spiro atoms. The van der Waals surface area contributed by atoms with Crippen LogP contribution < -0.4 is 10.6 Å². The normalized spacial score (nSPS) is 28.0. The van der Waals surface area contributed by atoms with E-state index in [-0.39, 0.29) is 0 Å². The summed E-state index contributed by atoms with van der Waals surface area (Å²) >= 11 is 1.43. The van der Waals surface area contributed by atoms with Crippen molar-refractivity contribution in [2.24, 2.45) is 0 Å². The van der Waals surface area contributed by atoms with Crippen LogP contribution in [-0.4, -0.2) is 35.5 Å². The molecule has 5 nitrogen and oxygen atoms in total. The number of morpholine rings is 1. The third-order valence-electron chi connectivity index (χ3n) is 2.32. The van der Waals surface area contributed by atoms with Crippen LogP contribution in [0.2, 0.25) is 0 Å². The molecule has 0 radical (unpaired) electrons. The minimum Gasteiger partial charge on any atom is -0.377 e. The van der Waals surface area contributed by atoms with Crippen molar-refractivity contribution in [3.05, 3.63) is 0 Å². The van der Waals surface area contributed by atoms with Gasteiger partial charge in [-0.1, -0.05) is 11.3 Å². The Morgan fingerprint density at radius 1 is 1.36 bits per heavy atom. The van der Waals surface area contributed by atoms with Gasteiger partial charge in [-0.05, 0) is 13.8 Å². The Morgan fingerprint density at radius 2 is 2.00 bits per heavy atom. The number of nitrogens with zero attached hydrogens (tertiary/aromatic N) is 3. The minimum atomic E-state index is 0.339. The Morgan fingerprint density at radius 3 is 2.50 bits per heavy atom. The fourth-order valence-electron chi connectivity index (χ4n) is 1.71. The van der Waals surface area contributed by atoms with E-state index in [4.69, 9.17) is 10.5 Å². The van der Waals surface area contributed by atoms with Gasteiger partial charge in [0.1, 0.15) is 0 Å². The van der Waals surface area contributed by atoms with Gasteiger partial charge in [-0.2, -0.15) is 0 Å². The van der Waals surface area contributed by atoms with Crippen LogP contribution in [0.25, 0.3) is 0 Å². The molecular weight excluding hydrogens is 200 g/mol. The van der Waals surface area contributed by atoms with Crippen LogP contribution in [0, 0.1) is 0 Å². The van der Waals surface area contributed by atoms with Gasteiger partial charge < -0.3 is 15.4 Å². The van der Waals surface area contributed by atoms with Gasteiger partial charge >= 0.3 is 0 Å². The average molecular weight is 214 g/mol. The molecule has 6 heteroatoms. The second kappa shape index (κ2) is 3.70. The molecule has 1 saturated heterocycles. The van der Waals surface area contributed by atoms with Crippen LogP contribution in [-0.2, 0) is 4.74 Å². The summed E-state index contributed by atoms with van der Waals surface area (Å²) in [4.78, 5) is 2.22. The lowest BCUT2D eigenvalue weighted by Gasteiger charge is -2.38. The fraction of sp³-hybridized carbons (Fsp3) is 0.750. The largest absolute Gasteiger partial charge is 0.377 e. The second-order valence-electron chi connectivity index (χ2n) is 3.57. The molecule has 2 N–H and O–H groups in total. The summed E-state index contributed by atoms with van der Waals surface area (Å²) in [7, 11) is 0. The number of rotatable bonds is 1. The number of nitrogens with two attached hydrogens (primary N) is 1. The lowest BCUT2D eigenvalue weighted by molar-refractivity contribution is 0.0756. The van der Waals surface area contributed by atoms with Gasteiger partial charge in [0.15, 0.2) is 0 Å². The maximum atomic E-state index is 5.56. The van der Waals surface area contributed by atoms with Gasteiger partial charge in [-0.3, -0.25) is 0 Å². The zero-order valence-corrected chi connectivity index (χ0v) is 9.12. The van der Waals surface area contributed by atoms with Gasteiger partial charge in [-0.15, -0.1) is 10.2 Å². The van der Waals surface area contributed by atoms with Gasteiger partial charge in [-0.25, -0.2) is 0 Å². The fourth-order valence-corrected chi connectivity index (χ4v) is 2.53. The molecule has 78 valence electrons. The molecule has 1 aromatic rings. The molecule has 1 fully saturated rings. The summed E-state index contributed by atoms with van der Waals surface area (Å²) in [6.07, 6.45) is 0. The Balaban J connectivity index is 2.22. The first-order valence-electron chi connectivity index (χ1n) is 4.63. The second-order valence-corrected chi connectivity index (χ2v) is 4.55. The highest BCUT2D eigenvalue weighted by molar-refractivity contribution is 7.18. The van der Waals surface area contributed by atoms with Crippen molar-refractivity contribution in [3.8, 4) is 0 Å². The van der Waals surface area contributed by atoms with E-state index in [2.05, 4.69) is 28.9 Å². The van der Waals surface area contributed by atoms with Crippen molar-refractivity contribution in [1.29, 1.82) is 0 Å². The molecule has 0 aliphatic carbocycles. The quantitative estimate of drug-likeness (QED) is 0.746. The van der Waals surface area contributed by atoms with Gasteiger partial charge in [0.05, 0.1) is 25.3 Å². The zero-order valence-electron chi connectivity index (χ0n) is 8.30. The molecule has 1 aliphatic heterocycles. The summed E-state index contributed by atoms with van der Waals surface area (Å²) in [6, 6.07) is 0.678. The van der Waals surface area contributed by atoms with E-state index in [1.54, 1.807) is 0 Å². The van der Waals surface area contributed by atoms with Crippen LogP contribution in [0.1, 0.15) is 13.8 Å². The Hall–Kier alpha value is -0.880. The number of anilines is 2. The standard InChI is InChI=1S/C8H14N4OS/c1-5-3-13-4-6(2)12(5)8-11-10-7(9)14-8/h5-6H,3-4H2,1-2H3,(H2,9,10). The van der Waals surface area contributed by atoms with E-state index < -0.39 is 0 Å². The molecule has 14 heavy (non-hydrogen) atoms. The molecule has 1 aliphatic rings. The maximum absolute atomic E-state index is 5.56. The number of aromatic nitrogens is 2. The highest BCUT2D eigenvalue weighted by atomic mass is 32.1. The van der Waals surface area contributed by atoms with Crippen molar-refractivity contribution in [2.45, 2.75) is 25.9 Å². The Labute approximate surface area is 86.9 Å². The number of hydrogen-bond acceptors (Lipinski definition) is 6. The van der Waals surface area contributed by atoms with Crippen molar-refractivity contribution >= 4 is 21.6 Å². The van der Waals surface area contributed by atoms with Gasteiger partial charge in [0, 0.05) is 0 Å². The molecule has 2 heterocycles. The van der Waals surface area contributed by atoms with Gasteiger partial charge in [0.2, 0.25) is 10.3 Å². The third-order valence-corrected chi connectivity index (χ3v) is 3.08. The maximum Gasteiger partial charge on any atom is 0.210 e. The van der Waals surface area contributed by atoms with Crippen LogP contribution in [0.4, 0.5) is 10.3 Å². The number of hydrogen-bond donors (Lipinski definition) is 1. The Bertz CT molecular complexity index is 306. The highest BCUT2D eigenvalue weighted by Gasteiger charge is 2.27. The highest BCUT2D eigenvalue weighted by Crippen LogP contribution is 2.27. The topological polar surface area (TPSA) is 64.3 Å². The van der Waals surface area contributed by atoms with E-state index in [1.807, 2.05) is 0 Å². The van der Waals surface area contributed by atoms with E-state index in [9.17, 15) is 0 Å². The summed E-state index contributed by atoms with van der Waals surface area (Å²) in [6.45, 7) is 5.72. The van der Waals surface area contributed by atoms with E-state index in [0.29, 0.717) is 17.2 Å². The first-order valence-corrected chi connectivity index (χ1v) is 5.45. The molecular formula is C8H14N4OS. The molecule has 0 aromatic carbocycles. The predicted octanol–water partition coefficient (Wildman–Crippen LogP) is 0.734. The lowest BCUT2D eigenvalue weighted by atomic mass is 10.2. The third kappa shape index (κ3) is 1.67. The molecule has 2 atom stereocenters.